The first kappa shape index (κ1) is 17.6. The van der Waals surface area contributed by atoms with Crippen LogP contribution in [0.1, 0.15) is 0 Å². The number of nitrogens with zero attached hydrogens (tertiary/aromatic N) is 1. The van der Waals surface area contributed by atoms with Gasteiger partial charge in [-0.15, -0.1) is 0 Å². The van der Waals surface area contributed by atoms with Crippen molar-refractivity contribution in [3.05, 3.63) is 42.5 Å². The van der Waals surface area contributed by atoms with Crippen molar-refractivity contribution in [2.45, 2.75) is 0 Å². The van der Waals surface area contributed by atoms with Crippen LogP contribution in [0.25, 0.3) is 21.8 Å². The topological polar surface area (TPSA) is 171 Å². The van der Waals surface area contributed by atoms with E-state index in [4.69, 9.17) is 29.0 Å². The van der Waals surface area contributed by atoms with Gasteiger partial charge in [-0.3, -0.25) is 9.11 Å². The summed E-state index contributed by atoms with van der Waals surface area (Å²) in [6.07, 6.45) is 0. The van der Waals surface area contributed by atoms with E-state index in [9.17, 15) is 0 Å². The van der Waals surface area contributed by atoms with Crippen LogP contribution in [0.15, 0.2) is 42.5 Å². The van der Waals surface area contributed by atoms with E-state index in [0.717, 1.165) is 33.2 Å². The van der Waals surface area contributed by atoms with Crippen LogP contribution < -0.4 is 11.5 Å². The van der Waals surface area contributed by atoms with Crippen molar-refractivity contribution in [1.82, 2.24) is 4.98 Å². The highest BCUT2D eigenvalue weighted by atomic mass is 32.3. The van der Waals surface area contributed by atoms with E-state index in [1.165, 1.54) is 0 Å². The van der Waals surface area contributed by atoms with Gasteiger partial charge >= 0.3 is 10.4 Å². The molecule has 0 saturated heterocycles. The van der Waals surface area contributed by atoms with Crippen LogP contribution in [0.4, 0.5) is 11.4 Å². The number of nitrogen functional groups attached to an aromatic ring is 2. The van der Waals surface area contributed by atoms with Gasteiger partial charge < -0.3 is 16.9 Å². The Kier molecular flexibility index (Phi) is 5.23. The number of rotatable bonds is 0. The molecule has 1 heterocycles. The molecule has 118 valence electrons. The molecule has 3 rings (SSSR count). The quantitative estimate of drug-likeness (QED) is 0.272. The number of fused-ring (bicyclic) bond motifs is 2. The molecular weight excluding hydrogens is 310 g/mol. The highest BCUT2D eigenvalue weighted by molar-refractivity contribution is 7.79. The molecule has 8 nitrogen and oxygen atoms in total. The molecule has 1 aromatic heterocycles. The second-order valence-corrected chi connectivity index (χ2v) is 5.24. The summed E-state index contributed by atoms with van der Waals surface area (Å²) < 4.78 is 31.6. The van der Waals surface area contributed by atoms with Gasteiger partial charge in [0, 0.05) is 22.1 Å². The summed E-state index contributed by atoms with van der Waals surface area (Å²) in [5.74, 6) is 0. The first-order valence-electron chi connectivity index (χ1n) is 5.78. The van der Waals surface area contributed by atoms with Crippen molar-refractivity contribution >= 4 is 43.6 Å². The zero-order chi connectivity index (χ0) is 15.6. The Hall–Kier alpha value is -2.46. The Morgan fingerprint density at radius 2 is 1.18 bits per heavy atom. The molecule has 22 heavy (non-hydrogen) atoms. The summed E-state index contributed by atoms with van der Waals surface area (Å²) in [6, 6.07) is 13.6. The van der Waals surface area contributed by atoms with Gasteiger partial charge in [0.25, 0.3) is 0 Å². The zero-order valence-corrected chi connectivity index (χ0v) is 12.1. The molecule has 0 unspecified atom stereocenters. The van der Waals surface area contributed by atoms with Crippen LogP contribution in [0.2, 0.25) is 0 Å². The predicted molar refractivity (Wildman–Crippen MR) is 85.9 cm³/mol. The van der Waals surface area contributed by atoms with Crippen LogP contribution in [0, 0.1) is 0 Å². The number of benzene rings is 2. The SMILES string of the molecule is Nc1ccc2cc3ccc(N)cc3nc2c1.O.O=S(=O)(O)O. The molecule has 0 aliphatic carbocycles. The fourth-order valence-electron chi connectivity index (χ4n) is 1.86. The number of aromatic nitrogens is 1. The third-order valence-electron chi connectivity index (χ3n) is 2.66. The van der Waals surface area contributed by atoms with E-state index in [-0.39, 0.29) is 5.48 Å². The third-order valence-corrected chi connectivity index (χ3v) is 2.66. The van der Waals surface area contributed by atoms with Crippen molar-refractivity contribution in [2.75, 3.05) is 11.5 Å². The highest BCUT2D eigenvalue weighted by Crippen LogP contribution is 2.22. The van der Waals surface area contributed by atoms with Crippen LogP contribution >= 0.6 is 0 Å². The maximum Gasteiger partial charge on any atom is 0.394 e. The summed E-state index contributed by atoms with van der Waals surface area (Å²) in [5.41, 5.74) is 14.7. The second-order valence-electron chi connectivity index (χ2n) is 4.34. The average molecular weight is 325 g/mol. The molecule has 8 N–H and O–H groups in total. The first-order valence-corrected chi connectivity index (χ1v) is 7.17. The molecule has 2 aromatic carbocycles. The zero-order valence-electron chi connectivity index (χ0n) is 11.3. The minimum atomic E-state index is -4.67. The van der Waals surface area contributed by atoms with Crippen LogP contribution in [-0.2, 0) is 10.4 Å². The third kappa shape index (κ3) is 4.82. The van der Waals surface area contributed by atoms with Gasteiger partial charge in [-0.25, -0.2) is 4.98 Å². The summed E-state index contributed by atoms with van der Waals surface area (Å²) in [5, 5.41) is 2.18. The molecule has 3 aromatic rings. The minimum Gasteiger partial charge on any atom is -0.412 e. The molecule has 0 aliphatic heterocycles. The van der Waals surface area contributed by atoms with Gasteiger partial charge in [0.2, 0.25) is 0 Å². The molecule has 0 amide bonds. The summed E-state index contributed by atoms with van der Waals surface area (Å²) in [4.78, 5) is 4.54. The molecule has 0 bridgehead atoms. The standard InChI is InChI=1S/C13H11N3.H2O4S.H2O/c14-10-3-1-8-5-9-2-4-11(15)7-13(9)16-12(8)6-10;1-5(2,3)4;/h1-7H,14-15H2;(H2,1,2,3,4);1H2. The molecule has 0 fully saturated rings. The Balaban J connectivity index is 0.000000356. The normalized spacial score (nSPS) is 10.6. The molecule has 0 spiro atoms. The summed E-state index contributed by atoms with van der Waals surface area (Å²) in [6.45, 7) is 0. The van der Waals surface area contributed by atoms with Crippen molar-refractivity contribution in [3.63, 3.8) is 0 Å². The lowest BCUT2D eigenvalue weighted by Crippen LogP contribution is -1.89. The lowest BCUT2D eigenvalue weighted by Gasteiger charge is -2.03. The van der Waals surface area contributed by atoms with E-state index in [0.29, 0.717) is 0 Å². The van der Waals surface area contributed by atoms with E-state index in [1.807, 2.05) is 36.4 Å². The van der Waals surface area contributed by atoms with Crippen LogP contribution in [0.3, 0.4) is 0 Å². The van der Waals surface area contributed by atoms with Gasteiger partial charge in [0.15, 0.2) is 0 Å². The molecule has 0 radical (unpaired) electrons. The van der Waals surface area contributed by atoms with Crippen molar-refractivity contribution in [1.29, 1.82) is 0 Å². The molecule has 0 atom stereocenters. The predicted octanol–water partition coefficient (Wildman–Crippen LogP) is 1.07. The van der Waals surface area contributed by atoms with E-state index in [1.54, 1.807) is 0 Å². The molecular formula is C13H15N3O5S. The Labute approximate surface area is 126 Å². The van der Waals surface area contributed by atoms with Gasteiger partial charge in [0.1, 0.15) is 0 Å². The largest absolute Gasteiger partial charge is 0.412 e. The average Bonchev–Trinajstić information content (AvgIpc) is 2.34. The van der Waals surface area contributed by atoms with Crippen LogP contribution in [0.5, 0.6) is 0 Å². The first-order chi connectivity index (χ1) is 9.72. The number of pyridine rings is 1. The Morgan fingerprint density at radius 3 is 1.55 bits per heavy atom. The van der Waals surface area contributed by atoms with Gasteiger partial charge in [0.05, 0.1) is 11.0 Å². The minimum absolute atomic E-state index is 0. The number of hydrogen-bond donors (Lipinski definition) is 4. The lowest BCUT2D eigenvalue weighted by atomic mass is 10.1. The highest BCUT2D eigenvalue weighted by Gasteiger charge is 2.00. The second kappa shape index (κ2) is 6.54. The monoisotopic (exact) mass is 325 g/mol. The van der Waals surface area contributed by atoms with Crippen molar-refractivity contribution < 1.29 is 23.0 Å². The maximum atomic E-state index is 8.74. The Bertz CT molecular complexity index is 847. The molecule has 9 heteroatoms. The molecule has 0 saturated carbocycles. The Morgan fingerprint density at radius 1 is 0.818 bits per heavy atom. The molecule has 0 aliphatic rings. The van der Waals surface area contributed by atoms with E-state index < -0.39 is 10.4 Å². The van der Waals surface area contributed by atoms with Gasteiger partial charge in [-0.1, -0.05) is 12.1 Å². The van der Waals surface area contributed by atoms with Gasteiger partial charge in [-0.05, 0) is 30.3 Å². The number of hydrogen-bond acceptors (Lipinski definition) is 5. The van der Waals surface area contributed by atoms with E-state index in [2.05, 4.69) is 11.1 Å². The summed E-state index contributed by atoms with van der Waals surface area (Å²) in [7, 11) is -4.67. The smallest absolute Gasteiger partial charge is 0.394 e. The van der Waals surface area contributed by atoms with E-state index >= 15 is 0 Å². The van der Waals surface area contributed by atoms with Gasteiger partial charge in [-0.2, -0.15) is 8.42 Å². The fourth-order valence-corrected chi connectivity index (χ4v) is 1.86. The van der Waals surface area contributed by atoms with Crippen molar-refractivity contribution in [2.24, 2.45) is 0 Å². The summed E-state index contributed by atoms with van der Waals surface area (Å²) >= 11 is 0. The van der Waals surface area contributed by atoms with Crippen molar-refractivity contribution in [3.8, 4) is 0 Å². The van der Waals surface area contributed by atoms with Crippen LogP contribution in [-0.4, -0.2) is 28.0 Å². The number of nitrogens with two attached hydrogens (primary N) is 2. The maximum absolute atomic E-state index is 8.74. The lowest BCUT2D eigenvalue weighted by molar-refractivity contribution is 0.381. The fraction of sp³-hybridized carbons (Fsp3) is 0. The number of anilines is 2.